The van der Waals surface area contributed by atoms with Gasteiger partial charge in [0.25, 0.3) is 5.91 Å². The van der Waals surface area contributed by atoms with Gasteiger partial charge in [0.15, 0.2) is 4.84 Å². The van der Waals surface area contributed by atoms with Gasteiger partial charge in [-0.1, -0.05) is 72.1 Å². The van der Waals surface area contributed by atoms with E-state index in [0.29, 0.717) is 30.6 Å². The second kappa shape index (κ2) is 35.1. The van der Waals surface area contributed by atoms with Gasteiger partial charge in [-0.05, 0) is 73.5 Å². The number of benzene rings is 3. The van der Waals surface area contributed by atoms with Gasteiger partial charge in [-0.25, -0.2) is 0 Å². The maximum absolute atomic E-state index is 12.6. The number of carbonyl (C=O) groups is 3. The second-order valence-electron chi connectivity index (χ2n) is 14.2. The summed E-state index contributed by atoms with van der Waals surface area (Å²) in [5, 5.41) is 20.6. The number of carbonyl (C=O) groups excluding carboxylic acids is 2. The molecule has 0 aliphatic heterocycles. The fourth-order valence-electron chi connectivity index (χ4n) is 5.20. The summed E-state index contributed by atoms with van der Waals surface area (Å²) in [5.74, 6) is -1.48. The second-order valence-corrected chi connectivity index (χ2v) is 20.0. The zero-order chi connectivity index (χ0) is 53.7. The van der Waals surface area contributed by atoms with E-state index in [2.05, 4.69) is 44.9 Å². The van der Waals surface area contributed by atoms with Crippen LogP contribution in [0.2, 0.25) is 5.02 Å². The molecular weight excluding hydrogens is 1040 g/mol. The summed E-state index contributed by atoms with van der Waals surface area (Å²) in [5.41, 5.74) is 2.06. The number of carboxylic acid groups (broad SMARTS) is 1. The average molecular weight is 1100 g/mol. The quantitative estimate of drug-likeness (QED) is 0.0240. The van der Waals surface area contributed by atoms with E-state index in [9.17, 15) is 47.1 Å². The molecule has 16 nitrogen and oxygen atoms in total. The maximum atomic E-state index is 12.6. The molecule has 69 heavy (non-hydrogen) atoms. The van der Waals surface area contributed by atoms with Gasteiger partial charge in [0, 0.05) is 32.3 Å². The SMILES string of the molecule is C=CCN(CC=C)C(=O)C(Cl)Cl.CCOc1cc(Oc2ccc(C(F)(F)F)cc2Cl)ccc1[N+](=O)[O-].CCc1cccc(C)c1N(C(=O)CCl)C(C)COC.C[S+](C)C.O=C(O)CNCP(=O)([O-])O. The molecular formula is C44H60Cl4F3N4O12PS. The normalized spacial score (nSPS) is 11.8. The molecule has 0 fully saturated rings. The van der Waals surface area contributed by atoms with Crippen LogP contribution in [0.25, 0.3) is 0 Å². The zero-order valence-electron chi connectivity index (χ0n) is 39.4. The van der Waals surface area contributed by atoms with Crippen molar-refractivity contribution in [2.75, 3.05) is 75.8 Å². The van der Waals surface area contributed by atoms with Gasteiger partial charge >= 0.3 is 17.8 Å². The molecule has 0 aromatic heterocycles. The largest absolute Gasteiger partial charge is 0.778 e. The molecule has 0 spiro atoms. The van der Waals surface area contributed by atoms with E-state index in [1.807, 2.05) is 31.3 Å². The topological polar surface area (TPSA) is 221 Å². The van der Waals surface area contributed by atoms with Crippen LogP contribution < -0.4 is 24.6 Å². The summed E-state index contributed by atoms with van der Waals surface area (Å²) in [6, 6.07) is 12.4. The molecule has 3 rings (SSSR count). The number of hydrogen-bond donors (Lipinski definition) is 3. The number of carboxylic acids is 1. The number of nitro groups is 1. The van der Waals surface area contributed by atoms with Crippen molar-refractivity contribution in [3.8, 4) is 17.2 Å². The first-order valence-electron chi connectivity index (χ1n) is 20.2. The lowest BCUT2D eigenvalue weighted by atomic mass is 10.0. The van der Waals surface area contributed by atoms with Crippen LogP contribution in [0.15, 0.2) is 79.9 Å². The van der Waals surface area contributed by atoms with E-state index in [-0.39, 0.29) is 58.3 Å². The summed E-state index contributed by atoms with van der Waals surface area (Å²) in [6.07, 6.45) is 5.45. The number of para-hydroxylation sites is 1. The summed E-state index contributed by atoms with van der Waals surface area (Å²) in [7, 11) is -2.07. The molecule has 0 bridgehead atoms. The molecule has 3 aromatic rings. The number of aliphatic carboxylic acids is 1. The maximum Gasteiger partial charge on any atom is 0.416 e. The predicted molar refractivity (Wildman–Crippen MR) is 269 cm³/mol. The highest BCUT2D eigenvalue weighted by molar-refractivity contribution is 7.94. The number of hydrogen-bond acceptors (Lipinski definition) is 11. The van der Waals surface area contributed by atoms with Crippen LogP contribution in [-0.2, 0) is 47.2 Å². The molecule has 2 atom stereocenters. The third-order valence-corrected chi connectivity index (χ3v) is 9.40. The number of nitrogens with zero attached hydrogens (tertiary/aromatic N) is 3. The van der Waals surface area contributed by atoms with Gasteiger partial charge in [0.2, 0.25) is 11.7 Å². The average Bonchev–Trinajstić information content (AvgIpc) is 3.24. The first-order valence-corrected chi connectivity index (χ1v) is 26.2. The number of alkyl halides is 6. The van der Waals surface area contributed by atoms with Crippen LogP contribution in [0, 0.1) is 17.0 Å². The van der Waals surface area contributed by atoms with Crippen LogP contribution in [0.3, 0.4) is 0 Å². The van der Waals surface area contributed by atoms with Gasteiger partial charge in [0.1, 0.15) is 25.0 Å². The van der Waals surface area contributed by atoms with E-state index in [1.165, 1.54) is 23.1 Å². The van der Waals surface area contributed by atoms with Gasteiger partial charge in [-0.2, -0.15) is 13.2 Å². The Morgan fingerprint density at radius 3 is 2.03 bits per heavy atom. The molecule has 3 N–H and O–H groups in total. The molecule has 0 heterocycles. The number of nitro benzene ring substituents is 1. The van der Waals surface area contributed by atoms with E-state index < -0.39 is 47.9 Å². The first-order chi connectivity index (χ1) is 32.1. The van der Waals surface area contributed by atoms with Gasteiger partial charge in [-0.3, -0.25) is 29.8 Å². The van der Waals surface area contributed by atoms with E-state index in [1.54, 1.807) is 31.1 Å². The van der Waals surface area contributed by atoms with Gasteiger partial charge in [-0.15, -0.1) is 24.8 Å². The monoisotopic (exact) mass is 1100 g/mol. The summed E-state index contributed by atoms with van der Waals surface area (Å²) >= 11 is 22.4. The molecule has 3 aromatic carbocycles. The van der Waals surface area contributed by atoms with Crippen molar-refractivity contribution in [2.45, 2.75) is 51.2 Å². The number of rotatable bonds is 20. The fourth-order valence-corrected chi connectivity index (χ4v) is 6.21. The highest BCUT2D eigenvalue weighted by Crippen LogP contribution is 2.38. The number of anilines is 1. The smallest absolute Gasteiger partial charge is 0.416 e. The number of amides is 2. The molecule has 0 saturated heterocycles. The van der Waals surface area contributed by atoms with Crippen LogP contribution in [0.4, 0.5) is 24.5 Å². The molecule has 0 saturated carbocycles. The third-order valence-electron chi connectivity index (χ3n) is 7.87. The fraction of sp³-hybridized carbons (Fsp3) is 0.432. The Labute approximate surface area is 424 Å². The van der Waals surface area contributed by atoms with E-state index in [4.69, 9.17) is 70.6 Å². The predicted octanol–water partition coefficient (Wildman–Crippen LogP) is 9.27. The number of nitrogens with one attached hydrogen (secondary N) is 1. The van der Waals surface area contributed by atoms with Crippen molar-refractivity contribution >= 4 is 94.1 Å². The Balaban J connectivity index is 0. The summed E-state index contributed by atoms with van der Waals surface area (Å²) in [6.45, 7) is 15.8. The first kappa shape index (κ1) is 67.0. The van der Waals surface area contributed by atoms with E-state index in [0.717, 1.165) is 41.4 Å². The Morgan fingerprint density at radius 1 is 1.03 bits per heavy atom. The zero-order valence-corrected chi connectivity index (χ0v) is 44.1. The molecule has 25 heteroatoms. The Bertz CT molecular complexity index is 2130. The highest BCUT2D eigenvalue weighted by Gasteiger charge is 2.31. The highest BCUT2D eigenvalue weighted by atomic mass is 35.5. The van der Waals surface area contributed by atoms with Crippen molar-refractivity contribution < 1.29 is 66.1 Å². The van der Waals surface area contributed by atoms with Crippen LogP contribution in [-0.4, -0.2) is 119 Å². The Morgan fingerprint density at radius 2 is 1.61 bits per heavy atom. The lowest BCUT2D eigenvalue weighted by molar-refractivity contribution is -0.385. The number of halogens is 7. The lowest BCUT2D eigenvalue weighted by Gasteiger charge is -2.31. The van der Waals surface area contributed by atoms with Crippen molar-refractivity contribution in [3.63, 3.8) is 0 Å². The van der Waals surface area contributed by atoms with Crippen LogP contribution in [0.5, 0.6) is 17.2 Å². The standard InChI is InChI=1S/C15H11ClF3NO4.C15H22ClNO2.C8H11Cl2NO.C3H8NO5P.C3H9S/c1-2-23-14-8-10(4-5-12(14)20(21)22)24-13-6-3-9(7-11(13)16)15(17,18)19;1-5-13-8-6-7-11(2)15(13)17(14(18)9-16)12(3)10-19-4;1-3-5-11(6-4-2)8(12)7(9)10;5-3(6)1-4-2-10(7,8)9;1-4(2)3/h3-8H,2H2,1H3;6-8,12H,5,9-10H2,1-4H3;3-4,7H,1-2,5-6H2;4H,1-2H2,(H,5,6)(H2,7,8,9);1-3H3/q;;;;+1/p-1. The molecule has 0 aliphatic carbocycles. The lowest BCUT2D eigenvalue weighted by Crippen LogP contribution is -2.43. The number of ether oxygens (including phenoxy) is 3. The number of aryl methyl sites for hydroxylation is 2. The van der Waals surface area contributed by atoms with Crippen molar-refractivity contribution in [1.82, 2.24) is 10.2 Å². The summed E-state index contributed by atoms with van der Waals surface area (Å²) in [4.78, 5) is 63.7. The van der Waals surface area contributed by atoms with Crippen molar-refractivity contribution in [2.24, 2.45) is 0 Å². The third kappa shape index (κ3) is 28.4. The minimum absolute atomic E-state index is 0.0111. The minimum Gasteiger partial charge on any atom is -0.778 e. The van der Waals surface area contributed by atoms with Gasteiger partial charge in [0.05, 0.1) is 72.1 Å². The van der Waals surface area contributed by atoms with E-state index >= 15 is 0 Å². The number of methoxy groups -OCH3 is 1. The van der Waals surface area contributed by atoms with Crippen molar-refractivity contribution in [3.05, 3.63) is 112 Å². The minimum atomic E-state index is -4.52. The molecule has 388 valence electrons. The molecule has 0 aliphatic rings. The van der Waals surface area contributed by atoms with Crippen molar-refractivity contribution in [1.29, 1.82) is 0 Å². The van der Waals surface area contributed by atoms with Crippen LogP contribution in [0.1, 0.15) is 37.5 Å². The van der Waals surface area contributed by atoms with Crippen LogP contribution >= 0.6 is 54.0 Å². The molecule has 2 unspecified atom stereocenters. The Hall–Kier alpha value is -4.08. The molecule has 2 amide bonds. The van der Waals surface area contributed by atoms with Gasteiger partial charge < -0.3 is 43.5 Å². The summed E-state index contributed by atoms with van der Waals surface area (Å²) < 4.78 is 63.5. The Kier molecular flexibility index (Phi) is 34.1. The molecule has 0 radical (unpaired) electrons.